The third kappa shape index (κ3) is 4.05. The van der Waals surface area contributed by atoms with E-state index in [0.29, 0.717) is 64.4 Å². The van der Waals surface area contributed by atoms with Gasteiger partial charge in [0, 0.05) is 43.5 Å². The fourth-order valence-electron chi connectivity index (χ4n) is 3.33. The number of aromatic nitrogens is 1. The van der Waals surface area contributed by atoms with E-state index in [1.54, 1.807) is 0 Å². The van der Waals surface area contributed by atoms with E-state index in [0.717, 1.165) is 0 Å². The number of hydrogen-bond donors (Lipinski definition) is 2. The number of nitrogens with zero attached hydrogens (tertiary/aromatic N) is 5. The number of alkyl halides is 2. The first-order valence-corrected chi connectivity index (χ1v) is 9.23. The van der Waals surface area contributed by atoms with E-state index in [9.17, 15) is 8.78 Å². The van der Waals surface area contributed by atoms with Crippen LogP contribution in [-0.4, -0.2) is 85.5 Å². The first kappa shape index (κ1) is 19.0. The van der Waals surface area contributed by atoms with Gasteiger partial charge in [0.25, 0.3) is 6.43 Å². The van der Waals surface area contributed by atoms with Gasteiger partial charge in [0.15, 0.2) is 0 Å². The summed E-state index contributed by atoms with van der Waals surface area (Å²) < 4.78 is 38.0. The van der Waals surface area contributed by atoms with Crippen LogP contribution in [0, 0.1) is 0 Å². The van der Waals surface area contributed by atoms with Crippen LogP contribution in [0.5, 0.6) is 0 Å². The first-order valence-electron chi connectivity index (χ1n) is 9.23. The lowest BCUT2D eigenvalue weighted by atomic mass is 10.1. The number of morpholine rings is 2. The molecule has 0 aliphatic carbocycles. The fourth-order valence-corrected chi connectivity index (χ4v) is 3.33. The zero-order valence-corrected chi connectivity index (χ0v) is 15.4. The minimum absolute atomic E-state index is 0.0438. The standard InChI is InChI=1S/C17H23F2N7O2/c18-14(19)11-9-13(20)21-10-12(11)15-22-16(25-1-5-27-6-2-25)24-17(23-15)26-3-7-28-8-4-26/h9-10,14,16H,1-8H2,(H2,20,21)(H,22,23,24). The topological polar surface area (TPSA) is 101 Å². The molecule has 3 aliphatic rings. The second kappa shape index (κ2) is 8.33. The summed E-state index contributed by atoms with van der Waals surface area (Å²) in [5, 5.41) is 3.12. The predicted octanol–water partition coefficient (Wildman–Crippen LogP) is 0.255. The number of aliphatic imine (C=N–C) groups is 2. The Balaban J connectivity index is 1.68. The Morgan fingerprint density at radius 3 is 2.43 bits per heavy atom. The highest BCUT2D eigenvalue weighted by atomic mass is 19.3. The fraction of sp³-hybridized carbons (Fsp3) is 0.588. The number of rotatable bonds is 3. The minimum Gasteiger partial charge on any atom is -0.384 e. The number of nitrogens with one attached hydrogen (secondary N) is 1. The molecule has 2 fully saturated rings. The smallest absolute Gasteiger partial charge is 0.264 e. The van der Waals surface area contributed by atoms with Crippen molar-refractivity contribution in [2.45, 2.75) is 12.7 Å². The molecule has 4 rings (SSSR count). The highest BCUT2D eigenvalue weighted by Crippen LogP contribution is 2.25. The van der Waals surface area contributed by atoms with Gasteiger partial charge in [-0.05, 0) is 6.07 Å². The Morgan fingerprint density at radius 2 is 1.75 bits per heavy atom. The Morgan fingerprint density at radius 1 is 1.07 bits per heavy atom. The number of nitrogens with two attached hydrogens (primary N) is 1. The average Bonchev–Trinajstić information content (AvgIpc) is 2.74. The Kier molecular flexibility index (Phi) is 5.64. The third-order valence-corrected chi connectivity index (χ3v) is 4.84. The van der Waals surface area contributed by atoms with Crippen molar-refractivity contribution in [1.82, 2.24) is 20.1 Å². The average molecular weight is 395 g/mol. The maximum atomic E-state index is 13.6. The first-order chi connectivity index (χ1) is 13.6. The number of ether oxygens (including phenoxy) is 2. The quantitative estimate of drug-likeness (QED) is 0.757. The molecule has 3 N–H and O–H groups in total. The van der Waals surface area contributed by atoms with E-state index in [1.807, 2.05) is 4.90 Å². The molecule has 1 aromatic rings. The Labute approximate surface area is 161 Å². The summed E-state index contributed by atoms with van der Waals surface area (Å²) in [6.07, 6.45) is -1.88. The van der Waals surface area contributed by atoms with E-state index in [-0.39, 0.29) is 16.9 Å². The van der Waals surface area contributed by atoms with Crippen molar-refractivity contribution in [3.8, 4) is 0 Å². The van der Waals surface area contributed by atoms with Gasteiger partial charge in [0.05, 0.1) is 26.4 Å². The Hall–Kier alpha value is -2.37. The number of halogens is 2. The minimum atomic E-state index is -2.70. The van der Waals surface area contributed by atoms with Crippen molar-refractivity contribution in [1.29, 1.82) is 0 Å². The monoisotopic (exact) mass is 395 g/mol. The van der Waals surface area contributed by atoms with Gasteiger partial charge in [-0.25, -0.2) is 23.7 Å². The molecule has 0 bridgehead atoms. The lowest BCUT2D eigenvalue weighted by molar-refractivity contribution is 0.0188. The number of guanidine groups is 1. The van der Waals surface area contributed by atoms with E-state index >= 15 is 0 Å². The molecule has 0 amide bonds. The molecule has 0 aromatic carbocycles. The molecule has 152 valence electrons. The zero-order chi connectivity index (χ0) is 19.5. The van der Waals surface area contributed by atoms with Crippen LogP contribution in [0.25, 0.3) is 0 Å². The van der Waals surface area contributed by atoms with Crippen molar-refractivity contribution in [2.75, 3.05) is 58.3 Å². The van der Waals surface area contributed by atoms with E-state index in [2.05, 4.69) is 20.2 Å². The lowest BCUT2D eigenvalue weighted by Crippen LogP contribution is -2.54. The van der Waals surface area contributed by atoms with Crippen molar-refractivity contribution in [3.05, 3.63) is 23.4 Å². The molecule has 9 nitrogen and oxygen atoms in total. The SMILES string of the molecule is Nc1cc(C(F)F)c(C2=NC(N3CCOCC3)N=C(N3CCOCC3)N2)cn1. The van der Waals surface area contributed by atoms with Crippen molar-refractivity contribution >= 4 is 17.6 Å². The third-order valence-electron chi connectivity index (χ3n) is 4.84. The Bertz CT molecular complexity index is 762. The van der Waals surface area contributed by atoms with Gasteiger partial charge in [-0.2, -0.15) is 0 Å². The summed E-state index contributed by atoms with van der Waals surface area (Å²) in [5.41, 5.74) is 5.63. The molecule has 11 heteroatoms. The second-order valence-electron chi connectivity index (χ2n) is 6.65. The number of hydrogen-bond acceptors (Lipinski definition) is 9. The largest absolute Gasteiger partial charge is 0.384 e. The molecular formula is C17H23F2N7O2. The van der Waals surface area contributed by atoms with Crippen molar-refractivity contribution in [3.63, 3.8) is 0 Å². The molecule has 1 unspecified atom stereocenters. The van der Waals surface area contributed by atoms with Crippen LogP contribution >= 0.6 is 0 Å². The van der Waals surface area contributed by atoms with Gasteiger partial charge >= 0.3 is 0 Å². The molecule has 2 saturated heterocycles. The summed E-state index contributed by atoms with van der Waals surface area (Å²) in [6, 6.07) is 1.19. The van der Waals surface area contributed by atoms with Crippen LogP contribution in [0.2, 0.25) is 0 Å². The lowest BCUT2D eigenvalue weighted by Gasteiger charge is -2.36. The summed E-state index contributed by atoms with van der Waals surface area (Å²) in [5.74, 6) is 0.958. The molecule has 28 heavy (non-hydrogen) atoms. The van der Waals surface area contributed by atoms with E-state index < -0.39 is 12.7 Å². The number of pyridine rings is 1. The van der Waals surface area contributed by atoms with Gasteiger partial charge < -0.3 is 25.4 Å². The summed E-state index contributed by atoms with van der Waals surface area (Å²) in [7, 11) is 0. The maximum absolute atomic E-state index is 13.6. The highest BCUT2D eigenvalue weighted by Gasteiger charge is 2.29. The summed E-state index contributed by atoms with van der Waals surface area (Å²) in [6.45, 7) is 5.01. The molecule has 4 heterocycles. The molecule has 0 saturated carbocycles. The zero-order valence-electron chi connectivity index (χ0n) is 15.4. The van der Waals surface area contributed by atoms with Gasteiger partial charge in [0.1, 0.15) is 11.7 Å². The molecule has 0 spiro atoms. The van der Waals surface area contributed by atoms with Gasteiger partial charge in [-0.1, -0.05) is 0 Å². The van der Waals surface area contributed by atoms with Crippen LogP contribution in [0.15, 0.2) is 22.2 Å². The molecule has 3 aliphatic heterocycles. The molecular weight excluding hydrogens is 372 g/mol. The van der Waals surface area contributed by atoms with Crippen LogP contribution < -0.4 is 11.1 Å². The van der Waals surface area contributed by atoms with E-state index in [4.69, 9.17) is 20.2 Å². The molecule has 0 radical (unpaired) electrons. The van der Waals surface area contributed by atoms with E-state index in [1.165, 1.54) is 12.3 Å². The second-order valence-corrected chi connectivity index (χ2v) is 6.65. The van der Waals surface area contributed by atoms with Gasteiger partial charge in [-0.15, -0.1) is 0 Å². The van der Waals surface area contributed by atoms with Crippen LogP contribution in [0.3, 0.4) is 0 Å². The van der Waals surface area contributed by atoms with Crippen LogP contribution in [-0.2, 0) is 9.47 Å². The number of amidine groups is 1. The summed E-state index contributed by atoms with van der Waals surface area (Å²) in [4.78, 5) is 17.4. The number of nitrogen functional groups attached to an aromatic ring is 1. The van der Waals surface area contributed by atoms with Crippen molar-refractivity contribution in [2.24, 2.45) is 9.98 Å². The maximum Gasteiger partial charge on any atom is 0.264 e. The van der Waals surface area contributed by atoms with Gasteiger partial charge in [-0.3, -0.25) is 4.90 Å². The normalized spacial score (nSPS) is 24.0. The van der Waals surface area contributed by atoms with Crippen LogP contribution in [0.1, 0.15) is 17.6 Å². The van der Waals surface area contributed by atoms with Crippen LogP contribution in [0.4, 0.5) is 14.6 Å². The number of anilines is 1. The molecule has 1 atom stereocenters. The van der Waals surface area contributed by atoms with Gasteiger partial charge in [0.2, 0.25) is 12.2 Å². The van der Waals surface area contributed by atoms with Crippen molar-refractivity contribution < 1.29 is 18.3 Å². The highest BCUT2D eigenvalue weighted by molar-refractivity contribution is 6.10. The summed E-state index contributed by atoms with van der Waals surface area (Å²) >= 11 is 0. The predicted molar refractivity (Wildman–Crippen MR) is 99.3 cm³/mol. The molecule has 1 aromatic heterocycles.